The lowest BCUT2D eigenvalue weighted by atomic mass is 10.1. The second kappa shape index (κ2) is 7.79. The average Bonchev–Trinajstić information content (AvgIpc) is 2.41. The zero-order valence-electron chi connectivity index (χ0n) is 11.8. The van der Waals surface area contributed by atoms with Gasteiger partial charge in [-0.15, -0.1) is 0 Å². The molecule has 108 valence electrons. The van der Waals surface area contributed by atoms with E-state index in [9.17, 15) is 13.2 Å². The molecule has 3 heteroatoms. The lowest BCUT2D eigenvalue weighted by Crippen LogP contribution is -2.04. The highest BCUT2D eigenvalue weighted by atomic mass is 19.4. The van der Waals surface area contributed by atoms with E-state index in [1.54, 1.807) is 0 Å². The number of rotatable bonds is 4. The molecule has 0 aliphatic rings. The van der Waals surface area contributed by atoms with Gasteiger partial charge in [-0.1, -0.05) is 44.6 Å². The van der Waals surface area contributed by atoms with Crippen molar-refractivity contribution in [2.45, 2.75) is 45.7 Å². The third kappa shape index (κ3) is 5.52. The largest absolute Gasteiger partial charge is 0.416 e. The first-order valence-corrected chi connectivity index (χ1v) is 6.85. The third-order valence-electron chi connectivity index (χ3n) is 2.78. The summed E-state index contributed by atoms with van der Waals surface area (Å²) in [4.78, 5) is 0. The molecule has 0 nitrogen and oxygen atoms in total. The zero-order chi connectivity index (χ0) is 15.0. The highest BCUT2D eigenvalue weighted by Gasteiger charge is 2.29. The normalized spacial score (nSPS) is 11.9. The molecule has 1 aromatic carbocycles. The predicted octanol–water partition coefficient (Wildman–Crippen LogP) is 5.58. The van der Waals surface area contributed by atoms with Gasteiger partial charge in [0.1, 0.15) is 0 Å². The van der Waals surface area contributed by atoms with Gasteiger partial charge in [-0.25, -0.2) is 0 Å². The maximum atomic E-state index is 12.4. The Kier molecular flexibility index (Phi) is 6.38. The molecule has 0 saturated carbocycles. The number of allylic oxidation sites excluding steroid dienone is 2. The number of alkyl halides is 3. The van der Waals surface area contributed by atoms with Crippen molar-refractivity contribution in [1.29, 1.82) is 0 Å². The molecule has 1 rings (SSSR count). The number of unbranched alkanes of at least 4 members (excludes halogenated alkanes) is 1. The fraction of sp³-hybridized carbons (Fsp3) is 0.412. The van der Waals surface area contributed by atoms with Crippen LogP contribution in [0.2, 0.25) is 0 Å². The SMILES string of the molecule is CCC/C=C(\C#Cc1ccc(C(F)(F)F)cc1)CCC. The first-order chi connectivity index (χ1) is 9.47. The van der Waals surface area contributed by atoms with Crippen molar-refractivity contribution < 1.29 is 13.2 Å². The van der Waals surface area contributed by atoms with Crippen LogP contribution in [0.4, 0.5) is 13.2 Å². The number of benzene rings is 1. The minimum Gasteiger partial charge on any atom is -0.166 e. The van der Waals surface area contributed by atoms with Gasteiger partial charge in [0, 0.05) is 5.56 Å². The molecule has 0 fully saturated rings. The van der Waals surface area contributed by atoms with Crippen LogP contribution < -0.4 is 0 Å². The van der Waals surface area contributed by atoms with Crippen LogP contribution >= 0.6 is 0 Å². The predicted molar refractivity (Wildman–Crippen MR) is 76.2 cm³/mol. The number of hydrogen-bond donors (Lipinski definition) is 0. The molecule has 0 unspecified atom stereocenters. The smallest absolute Gasteiger partial charge is 0.166 e. The summed E-state index contributed by atoms with van der Waals surface area (Å²) in [6, 6.07) is 4.97. The fourth-order valence-corrected chi connectivity index (χ4v) is 1.70. The second-order valence-electron chi connectivity index (χ2n) is 4.59. The molecule has 0 aromatic heterocycles. The van der Waals surface area contributed by atoms with Gasteiger partial charge in [0.05, 0.1) is 5.56 Å². The molecular weight excluding hydrogens is 261 g/mol. The molecule has 0 radical (unpaired) electrons. The molecule has 0 spiro atoms. The zero-order valence-corrected chi connectivity index (χ0v) is 11.8. The Bertz CT molecular complexity index is 496. The summed E-state index contributed by atoms with van der Waals surface area (Å²) >= 11 is 0. The van der Waals surface area contributed by atoms with Gasteiger partial charge in [-0.3, -0.25) is 0 Å². The number of halogens is 3. The first kappa shape index (κ1) is 16.4. The topological polar surface area (TPSA) is 0 Å². The summed E-state index contributed by atoms with van der Waals surface area (Å²) in [5.74, 6) is 5.99. The van der Waals surface area contributed by atoms with Crippen molar-refractivity contribution in [3.63, 3.8) is 0 Å². The summed E-state index contributed by atoms with van der Waals surface area (Å²) in [6.07, 6.45) is 1.79. The summed E-state index contributed by atoms with van der Waals surface area (Å²) in [5, 5.41) is 0. The van der Waals surface area contributed by atoms with Crippen LogP contribution in [0.5, 0.6) is 0 Å². The maximum absolute atomic E-state index is 12.4. The average molecular weight is 280 g/mol. The van der Waals surface area contributed by atoms with E-state index in [0.29, 0.717) is 5.56 Å². The van der Waals surface area contributed by atoms with Gasteiger partial charge in [-0.2, -0.15) is 13.2 Å². The molecule has 0 aliphatic carbocycles. The van der Waals surface area contributed by atoms with Crippen LogP contribution in [0, 0.1) is 11.8 Å². The van der Waals surface area contributed by atoms with E-state index < -0.39 is 11.7 Å². The van der Waals surface area contributed by atoms with E-state index in [1.165, 1.54) is 12.1 Å². The highest BCUT2D eigenvalue weighted by molar-refractivity contribution is 5.42. The standard InChI is InChI=1S/C17H19F3/c1-3-5-7-14(6-4-2)8-9-15-10-12-16(13-11-15)17(18,19)20/h7,10-13H,3-6H2,1-2H3/b14-7-. The van der Waals surface area contributed by atoms with Crippen molar-refractivity contribution in [1.82, 2.24) is 0 Å². The Morgan fingerprint density at radius 3 is 2.25 bits per heavy atom. The van der Waals surface area contributed by atoms with Crippen molar-refractivity contribution in [2.75, 3.05) is 0 Å². The van der Waals surface area contributed by atoms with Crippen LogP contribution in [0.25, 0.3) is 0 Å². The lowest BCUT2D eigenvalue weighted by Gasteiger charge is -2.05. The van der Waals surface area contributed by atoms with Crippen LogP contribution in [-0.4, -0.2) is 0 Å². The van der Waals surface area contributed by atoms with Crippen LogP contribution in [-0.2, 0) is 6.18 Å². The Labute approximate surface area is 118 Å². The summed E-state index contributed by atoms with van der Waals surface area (Å²) in [5.41, 5.74) is 1.03. The lowest BCUT2D eigenvalue weighted by molar-refractivity contribution is -0.137. The van der Waals surface area contributed by atoms with Gasteiger partial charge in [0.2, 0.25) is 0 Å². The summed E-state index contributed by atoms with van der Waals surface area (Å²) < 4.78 is 37.3. The Balaban J connectivity index is 2.84. The van der Waals surface area contributed by atoms with E-state index >= 15 is 0 Å². The Morgan fingerprint density at radius 2 is 1.75 bits per heavy atom. The van der Waals surface area contributed by atoms with E-state index in [0.717, 1.165) is 43.4 Å². The maximum Gasteiger partial charge on any atom is 0.416 e. The summed E-state index contributed by atoms with van der Waals surface area (Å²) in [7, 11) is 0. The molecule has 20 heavy (non-hydrogen) atoms. The molecule has 0 aliphatic heterocycles. The highest BCUT2D eigenvalue weighted by Crippen LogP contribution is 2.28. The van der Waals surface area contributed by atoms with Gasteiger partial charge in [-0.05, 0) is 42.7 Å². The molecule has 0 saturated heterocycles. The van der Waals surface area contributed by atoms with Gasteiger partial charge < -0.3 is 0 Å². The Morgan fingerprint density at radius 1 is 1.10 bits per heavy atom. The molecular formula is C17H19F3. The monoisotopic (exact) mass is 280 g/mol. The van der Waals surface area contributed by atoms with E-state index in [4.69, 9.17) is 0 Å². The minimum atomic E-state index is -4.29. The van der Waals surface area contributed by atoms with Gasteiger partial charge >= 0.3 is 6.18 Å². The number of hydrogen-bond acceptors (Lipinski definition) is 0. The fourth-order valence-electron chi connectivity index (χ4n) is 1.70. The molecule has 0 amide bonds. The van der Waals surface area contributed by atoms with E-state index in [-0.39, 0.29) is 0 Å². The van der Waals surface area contributed by atoms with Crippen LogP contribution in [0.1, 0.15) is 50.7 Å². The van der Waals surface area contributed by atoms with Gasteiger partial charge in [0.25, 0.3) is 0 Å². The molecule has 1 aromatic rings. The minimum absolute atomic E-state index is 0.608. The Hall–Kier alpha value is -1.69. The van der Waals surface area contributed by atoms with Crippen LogP contribution in [0.3, 0.4) is 0 Å². The molecule has 0 N–H and O–H groups in total. The van der Waals surface area contributed by atoms with Crippen molar-refractivity contribution in [3.05, 3.63) is 47.0 Å². The van der Waals surface area contributed by atoms with Gasteiger partial charge in [0.15, 0.2) is 0 Å². The second-order valence-corrected chi connectivity index (χ2v) is 4.59. The third-order valence-corrected chi connectivity index (χ3v) is 2.78. The van der Waals surface area contributed by atoms with Crippen molar-refractivity contribution >= 4 is 0 Å². The van der Waals surface area contributed by atoms with Crippen molar-refractivity contribution in [3.8, 4) is 11.8 Å². The molecule has 0 heterocycles. The van der Waals surface area contributed by atoms with Crippen LogP contribution in [0.15, 0.2) is 35.9 Å². The quantitative estimate of drug-likeness (QED) is 0.631. The van der Waals surface area contributed by atoms with E-state index in [2.05, 4.69) is 31.8 Å². The van der Waals surface area contributed by atoms with Crippen molar-refractivity contribution in [2.24, 2.45) is 0 Å². The van der Waals surface area contributed by atoms with E-state index in [1.807, 2.05) is 0 Å². The summed E-state index contributed by atoms with van der Waals surface area (Å²) in [6.45, 7) is 4.18. The first-order valence-electron chi connectivity index (χ1n) is 6.85. The molecule has 0 atom stereocenters. The molecule has 0 bridgehead atoms.